The number of carbonyl (C=O) groups is 2. The van der Waals surface area contributed by atoms with Gasteiger partial charge in [0.1, 0.15) is 5.69 Å². The van der Waals surface area contributed by atoms with Crippen molar-refractivity contribution in [3.05, 3.63) is 81.8 Å². The van der Waals surface area contributed by atoms with E-state index in [9.17, 15) is 9.59 Å². The monoisotopic (exact) mass is 371 g/mol. The first-order chi connectivity index (χ1) is 12.1. The summed E-state index contributed by atoms with van der Waals surface area (Å²) in [7, 11) is 0. The van der Waals surface area contributed by atoms with Crippen LogP contribution in [0.15, 0.2) is 60.0 Å². The van der Waals surface area contributed by atoms with Crippen LogP contribution in [0.1, 0.15) is 26.4 Å². The Morgan fingerprint density at radius 1 is 1.00 bits per heavy atom. The number of anilines is 1. The average Bonchev–Trinajstić information content (AvgIpc) is 3.10. The van der Waals surface area contributed by atoms with Crippen LogP contribution in [-0.2, 0) is 6.54 Å². The zero-order valence-electron chi connectivity index (χ0n) is 13.0. The zero-order valence-corrected chi connectivity index (χ0v) is 14.6. The van der Waals surface area contributed by atoms with Gasteiger partial charge in [0, 0.05) is 22.5 Å². The van der Waals surface area contributed by atoms with Gasteiger partial charge in [-0.05, 0) is 29.8 Å². The van der Waals surface area contributed by atoms with Crippen LogP contribution in [0.25, 0.3) is 0 Å². The van der Waals surface area contributed by atoms with Gasteiger partial charge in [-0.3, -0.25) is 14.9 Å². The van der Waals surface area contributed by atoms with Crippen molar-refractivity contribution in [1.82, 2.24) is 10.3 Å². The van der Waals surface area contributed by atoms with Crippen molar-refractivity contribution in [3.63, 3.8) is 0 Å². The van der Waals surface area contributed by atoms with Crippen molar-refractivity contribution < 1.29 is 9.59 Å². The van der Waals surface area contributed by atoms with Crippen LogP contribution in [0.3, 0.4) is 0 Å². The molecule has 5 nitrogen and oxygen atoms in total. The molecule has 3 aromatic rings. The number of benzene rings is 2. The van der Waals surface area contributed by atoms with Crippen LogP contribution >= 0.6 is 22.9 Å². The van der Waals surface area contributed by atoms with Gasteiger partial charge < -0.3 is 5.32 Å². The molecule has 0 fully saturated rings. The highest BCUT2D eigenvalue weighted by molar-refractivity contribution is 7.14. The van der Waals surface area contributed by atoms with E-state index in [0.717, 1.165) is 5.56 Å². The highest BCUT2D eigenvalue weighted by atomic mass is 35.5. The number of nitrogens with one attached hydrogen (secondary N) is 2. The van der Waals surface area contributed by atoms with E-state index in [0.29, 0.717) is 22.3 Å². The second kappa shape index (κ2) is 7.92. The van der Waals surface area contributed by atoms with Crippen molar-refractivity contribution >= 4 is 39.9 Å². The second-order valence-corrected chi connectivity index (χ2v) is 6.46. The maximum absolute atomic E-state index is 12.1. The van der Waals surface area contributed by atoms with E-state index in [1.165, 1.54) is 11.3 Å². The summed E-state index contributed by atoms with van der Waals surface area (Å²) in [5.41, 5.74) is 1.74. The van der Waals surface area contributed by atoms with Gasteiger partial charge >= 0.3 is 0 Å². The van der Waals surface area contributed by atoms with Gasteiger partial charge in [0.15, 0.2) is 5.13 Å². The van der Waals surface area contributed by atoms with Gasteiger partial charge in [-0.2, -0.15) is 0 Å². The molecule has 0 spiro atoms. The molecule has 7 heteroatoms. The molecule has 0 saturated carbocycles. The fourth-order valence-corrected chi connectivity index (χ4v) is 2.88. The van der Waals surface area contributed by atoms with E-state index >= 15 is 0 Å². The van der Waals surface area contributed by atoms with Crippen LogP contribution in [0, 0.1) is 0 Å². The molecule has 0 radical (unpaired) electrons. The summed E-state index contributed by atoms with van der Waals surface area (Å²) in [6.45, 7) is 0.374. The Kier molecular flexibility index (Phi) is 5.42. The molecule has 0 aliphatic heterocycles. The lowest BCUT2D eigenvalue weighted by molar-refractivity contribution is 0.0945. The highest BCUT2D eigenvalue weighted by Crippen LogP contribution is 2.17. The topological polar surface area (TPSA) is 71.1 Å². The van der Waals surface area contributed by atoms with Gasteiger partial charge in [0.05, 0.1) is 0 Å². The van der Waals surface area contributed by atoms with Crippen molar-refractivity contribution in [3.8, 4) is 0 Å². The molecular formula is C18H14ClN3O2S. The summed E-state index contributed by atoms with van der Waals surface area (Å²) in [5, 5.41) is 8.11. The Hall–Kier alpha value is -2.70. The molecule has 0 bridgehead atoms. The SMILES string of the molecule is O=C(Nc1nc(C(=O)NCc2ccc(Cl)cc2)cs1)c1ccccc1. The summed E-state index contributed by atoms with van der Waals surface area (Å²) in [6, 6.07) is 16.0. The van der Waals surface area contributed by atoms with Gasteiger partial charge in [0.2, 0.25) is 0 Å². The zero-order chi connectivity index (χ0) is 17.6. The fraction of sp³-hybridized carbons (Fsp3) is 0.0556. The number of halogens is 1. The third-order valence-corrected chi connectivity index (χ3v) is 4.37. The van der Waals surface area contributed by atoms with E-state index in [1.54, 1.807) is 41.8 Å². The number of rotatable bonds is 5. The third kappa shape index (κ3) is 4.65. The van der Waals surface area contributed by atoms with E-state index in [2.05, 4.69) is 15.6 Å². The van der Waals surface area contributed by atoms with Crippen molar-refractivity contribution in [2.45, 2.75) is 6.54 Å². The summed E-state index contributed by atoms with van der Waals surface area (Å²) in [5.74, 6) is -0.561. The van der Waals surface area contributed by atoms with E-state index < -0.39 is 0 Å². The second-order valence-electron chi connectivity index (χ2n) is 5.17. The molecule has 0 unspecified atom stereocenters. The number of hydrogen-bond acceptors (Lipinski definition) is 4. The Labute approximate surface area is 153 Å². The summed E-state index contributed by atoms with van der Waals surface area (Å²) in [4.78, 5) is 28.4. The molecule has 3 rings (SSSR count). The lowest BCUT2D eigenvalue weighted by Crippen LogP contribution is -2.23. The molecule has 0 aliphatic carbocycles. The Balaban J connectivity index is 1.58. The number of hydrogen-bond donors (Lipinski definition) is 2. The van der Waals surface area contributed by atoms with Crippen molar-refractivity contribution in [2.24, 2.45) is 0 Å². The normalized spacial score (nSPS) is 10.3. The molecular weight excluding hydrogens is 358 g/mol. The number of amides is 2. The minimum Gasteiger partial charge on any atom is -0.347 e. The van der Waals surface area contributed by atoms with Gasteiger partial charge in [-0.15, -0.1) is 11.3 Å². The van der Waals surface area contributed by atoms with Gasteiger partial charge in [0.25, 0.3) is 11.8 Å². The van der Waals surface area contributed by atoms with Gasteiger partial charge in [-0.25, -0.2) is 4.98 Å². The van der Waals surface area contributed by atoms with Crippen molar-refractivity contribution in [2.75, 3.05) is 5.32 Å². The maximum Gasteiger partial charge on any atom is 0.271 e. The Morgan fingerprint density at radius 2 is 1.72 bits per heavy atom. The van der Waals surface area contributed by atoms with Crippen LogP contribution in [0.5, 0.6) is 0 Å². The molecule has 0 saturated heterocycles. The summed E-state index contributed by atoms with van der Waals surface area (Å²) in [6.07, 6.45) is 0. The fourth-order valence-electron chi connectivity index (χ4n) is 2.07. The summed E-state index contributed by atoms with van der Waals surface area (Å²) < 4.78 is 0. The third-order valence-electron chi connectivity index (χ3n) is 3.36. The largest absolute Gasteiger partial charge is 0.347 e. The predicted molar refractivity (Wildman–Crippen MR) is 99.1 cm³/mol. The molecule has 1 aromatic heterocycles. The average molecular weight is 372 g/mol. The number of aromatic nitrogens is 1. The Morgan fingerprint density at radius 3 is 2.44 bits per heavy atom. The van der Waals surface area contributed by atoms with Crippen LogP contribution in [0.2, 0.25) is 5.02 Å². The highest BCUT2D eigenvalue weighted by Gasteiger charge is 2.13. The van der Waals surface area contributed by atoms with Crippen molar-refractivity contribution in [1.29, 1.82) is 0 Å². The lowest BCUT2D eigenvalue weighted by Gasteiger charge is -2.03. The minimum atomic E-state index is -0.300. The first-order valence-electron chi connectivity index (χ1n) is 7.46. The molecule has 2 N–H and O–H groups in total. The predicted octanol–water partition coefficient (Wildman–Crippen LogP) is 3.98. The summed E-state index contributed by atoms with van der Waals surface area (Å²) >= 11 is 7.03. The van der Waals surface area contributed by atoms with E-state index in [1.807, 2.05) is 18.2 Å². The smallest absolute Gasteiger partial charge is 0.271 e. The van der Waals surface area contributed by atoms with Crippen LogP contribution < -0.4 is 10.6 Å². The first-order valence-corrected chi connectivity index (χ1v) is 8.72. The molecule has 0 atom stereocenters. The molecule has 2 aromatic carbocycles. The van der Waals surface area contributed by atoms with Crippen LogP contribution in [0.4, 0.5) is 5.13 Å². The molecule has 126 valence electrons. The first kappa shape index (κ1) is 17.1. The number of nitrogens with zero attached hydrogens (tertiary/aromatic N) is 1. The van der Waals surface area contributed by atoms with E-state index in [4.69, 9.17) is 11.6 Å². The lowest BCUT2D eigenvalue weighted by atomic mass is 10.2. The quantitative estimate of drug-likeness (QED) is 0.712. The standard InChI is InChI=1S/C18H14ClN3O2S/c19-14-8-6-12(7-9-14)10-20-17(24)15-11-25-18(21-15)22-16(23)13-4-2-1-3-5-13/h1-9,11H,10H2,(H,20,24)(H,21,22,23). The molecule has 1 heterocycles. The van der Waals surface area contributed by atoms with E-state index in [-0.39, 0.29) is 17.5 Å². The minimum absolute atomic E-state index is 0.261. The van der Waals surface area contributed by atoms with Crippen LogP contribution in [-0.4, -0.2) is 16.8 Å². The molecule has 25 heavy (non-hydrogen) atoms. The molecule has 0 aliphatic rings. The van der Waals surface area contributed by atoms with Gasteiger partial charge in [-0.1, -0.05) is 41.9 Å². The molecule has 2 amide bonds. The maximum atomic E-state index is 12.1. The number of thiazole rings is 1. The number of carbonyl (C=O) groups excluding carboxylic acids is 2. The Bertz CT molecular complexity index is 879.